The highest BCUT2D eigenvalue weighted by atomic mass is 32.1. The molecule has 0 saturated carbocycles. The highest BCUT2D eigenvalue weighted by Crippen LogP contribution is 2.23. The highest BCUT2D eigenvalue weighted by molar-refractivity contribution is 7.11. The van der Waals surface area contributed by atoms with E-state index >= 15 is 0 Å². The number of imidazole rings is 1. The fraction of sp³-hybridized carbons (Fsp3) is 0.500. The van der Waals surface area contributed by atoms with Crippen LogP contribution in [0.1, 0.15) is 36.1 Å². The van der Waals surface area contributed by atoms with Crippen molar-refractivity contribution in [2.45, 2.75) is 39.7 Å². The third kappa shape index (κ3) is 3.13. The third-order valence-electron chi connectivity index (χ3n) is 2.97. The summed E-state index contributed by atoms with van der Waals surface area (Å²) in [7, 11) is 0. The zero-order valence-corrected chi connectivity index (χ0v) is 12.1. The fourth-order valence-electron chi connectivity index (χ4n) is 2.03. The van der Waals surface area contributed by atoms with Gasteiger partial charge in [0.2, 0.25) is 5.95 Å². The molecule has 2 aromatic rings. The van der Waals surface area contributed by atoms with Crippen LogP contribution in [-0.2, 0) is 6.42 Å². The molecule has 0 fully saturated rings. The second-order valence-corrected chi connectivity index (χ2v) is 6.02. The normalized spacial score (nSPS) is 12.6. The van der Waals surface area contributed by atoms with Gasteiger partial charge in [-0.2, -0.15) is 0 Å². The molecule has 0 aliphatic heterocycles. The summed E-state index contributed by atoms with van der Waals surface area (Å²) in [6.45, 7) is 7.54. The Labute approximate surface area is 113 Å². The maximum absolute atomic E-state index is 4.38. The van der Waals surface area contributed by atoms with Crippen LogP contribution in [0.2, 0.25) is 0 Å². The number of aryl methyl sites for hydroxylation is 1. The van der Waals surface area contributed by atoms with E-state index in [0.717, 1.165) is 25.3 Å². The summed E-state index contributed by atoms with van der Waals surface area (Å²) in [6.07, 6.45) is 6.11. The molecular formula is C14H21N3S. The Kier molecular flexibility index (Phi) is 4.42. The van der Waals surface area contributed by atoms with E-state index in [1.54, 1.807) is 0 Å². The lowest BCUT2D eigenvalue weighted by Gasteiger charge is -2.16. The molecule has 2 rings (SSSR count). The molecule has 0 aliphatic rings. The number of rotatable bonds is 6. The molecular weight excluding hydrogens is 242 g/mol. The quantitative estimate of drug-likeness (QED) is 0.857. The Balaban J connectivity index is 2.04. The first-order valence-electron chi connectivity index (χ1n) is 6.52. The molecule has 0 amide bonds. The molecule has 0 spiro atoms. The van der Waals surface area contributed by atoms with Crippen molar-refractivity contribution in [3.8, 4) is 0 Å². The molecule has 2 heterocycles. The third-order valence-corrected chi connectivity index (χ3v) is 3.99. The van der Waals surface area contributed by atoms with Crippen LogP contribution in [0.5, 0.6) is 0 Å². The summed E-state index contributed by atoms with van der Waals surface area (Å²) in [6, 6.07) is 4.86. The van der Waals surface area contributed by atoms with E-state index in [9.17, 15) is 0 Å². The average molecular weight is 263 g/mol. The van der Waals surface area contributed by atoms with E-state index in [-0.39, 0.29) is 0 Å². The first kappa shape index (κ1) is 13.1. The molecule has 1 unspecified atom stereocenters. The van der Waals surface area contributed by atoms with Gasteiger partial charge in [-0.25, -0.2) is 4.98 Å². The fourth-order valence-corrected chi connectivity index (χ4v) is 3.04. The van der Waals surface area contributed by atoms with E-state index in [4.69, 9.17) is 0 Å². The van der Waals surface area contributed by atoms with Gasteiger partial charge in [0.05, 0.1) is 0 Å². The van der Waals surface area contributed by atoms with Crippen LogP contribution in [0.25, 0.3) is 0 Å². The van der Waals surface area contributed by atoms with Crippen LogP contribution in [0.4, 0.5) is 5.95 Å². The minimum Gasteiger partial charge on any atom is -0.356 e. The van der Waals surface area contributed by atoms with Gasteiger partial charge in [-0.15, -0.1) is 11.3 Å². The second-order valence-electron chi connectivity index (χ2n) is 4.65. The van der Waals surface area contributed by atoms with Gasteiger partial charge in [0.15, 0.2) is 0 Å². The molecule has 98 valence electrons. The SMILES string of the molecule is CCCNc1nccn1C(C)Cc1ccc(C)s1. The summed E-state index contributed by atoms with van der Waals surface area (Å²) in [5, 5.41) is 3.37. The molecule has 3 nitrogen and oxygen atoms in total. The maximum atomic E-state index is 4.38. The van der Waals surface area contributed by atoms with Crippen LogP contribution < -0.4 is 5.32 Å². The van der Waals surface area contributed by atoms with Crippen molar-refractivity contribution in [1.82, 2.24) is 9.55 Å². The van der Waals surface area contributed by atoms with Crippen molar-refractivity contribution < 1.29 is 0 Å². The summed E-state index contributed by atoms with van der Waals surface area (Å²) in [5.41, 5.74) is 0. The Hall–Kier alpha value is -1.29. The van der Waals surface area contributed by atoms with Gasteiger partial charge in [-0.05, 0) is 32.4 Å². The zero-order chi connectivity index (χ0) is 13.0. The lowest BCUT2D eigenvalue weighted by atomic mass is 10.2. The maximum Gasteiger partial charge on any atom is 0.203 e. The zero-order valence-electron chi connectivity index (χ0n) is 11.3. The average Bonchev–Trinajstić information content (AvgIpc) is 2.95. The summed E-state index contributed by atoms with van der Waals surface area (Å²) in [4.78, 5) is 7.20. The predicted octanol–water partition coefficient (Wildman–Crippen LogP) is 3.88. The van der Waals surface area contributed by atoms with Crippen LogP contribution in [-0.4, -0.2) is 16.1 Å². The summed E-state index contributed by atoms with van der Waals surface area (Å²) >= 11 is 1.88. The number of aromatic nitrogens is 2. The van der Waals surface area contributed by atoms with Gasteiger partial charge in [0, 0.05) is 41.2 Å². The Bertz CT molecular complexity index is 487. The van der Waals surface area contributed by atoms with Crippen molar-refractivity contribution in [3.63, 3.8) is 0 Å². The smallest absolute Gasteiger partial charge is 0.203 e. The molecule has 4 heteroatoms. The summed E-state index contributed by atoms with van der Waals surface area (Å²) in [5.74, 6) is 0.984. The number of nitrogens with zero attached hydrogens (tertiary/aromatic N) is 2. The minimum atomic E-state index is 0.435. The van der Waals surface area contributed by atoms with Crippen molar-refractivity contribution in [2.75, 3.05) is 11.9 Å². The molecule has 1 atom stereocenters. The van der Waals surface area contributed by atoms with Gasteiger partial charge in [0.1, 0.15) is 0 Å². The number of hydrogen-bond donors (Lipinski definition) is 1. The molecule has 18 heavy (non-hydrogen) atoms. The lowest BCUT2D eigenvalue weighted by molar-refractivity contribution is 0.553. The van der Waals surface area contributed by atoms with E-state index in [2.05, 4.69) is 54.0 Å². The van der Waals surface area contributed by atoms with Crippen LogP contribution in [0, 0.1) is 6.92 Å². The van der Waals surface area contributed by atoms with Gasteiger partial charge in [-0.1, -0.05) is 6.92 Å². The predicted molar refractivity (Wildman–Crippen MR) is 78.5 cm³/mol. The van der Waals surface area contributed by atoms with Gasteiger partial charge >= 0.3 is 0 Å². The van der Waals surface area contributed by atoms with E-state index in [1.807, 2.05) is 17.5 Å². The molecule has 0 aliphatic carbocycles. The Morgan fingerprint density at radius 1 is 1.44 bits per heavy atom. The Morgan fingerprint density at radius 2 is 2.28 bits per heavy atom. The van der Waals surface area contributed by atoms with Crippen LogP contribution >= 0.6 is 11.3 Å². The topological polar surface area (TPSA) is 29.9 Å². The standard InChI is InChI=1S/C14H21N3S/c1-4-7-15-14-16-8-9-17(14)11(2)10-13-6-5-12(3)18-13/h5-6,8-9,11H,4,7,10H2,1-3H3,(H,15,16). The van der Waals surface area contributed by atoms with Crippen LogP contribution in [0.3, 0.4) is 0 Å². The molecule has 0 aromatic carbocycles. The summed E-state index contributed by atoms with van der Waals surface area (Å²) < 4.78 is 2.23. The lowest BCUT2D eigenvalue weighted by Crippen LogP contribution is -2.12. The van der Waals surface area contributed by atoms with Crippen molar-refractivity contribution in [2.24, 2.45) is 0 Å². The van der Waals surface area contributed by atoms with Crippen molar-refractivity contribution in [1.29, 1.82) is 0 Å². The van der Waals surface area contributed by atoms with E-state index < -0.39 is 0 Å². The first-order valence-corrected chi connectivity index (χ1v) is 7.34. The molecule has 0 bridgehead atoms. The Morgan fingerprint density at radius 3 is 2.94 bits per heavy atom. The van der Waals surface area contributed by atoms with Crippen molar-refractivity contribution >= 4 is 17.3 Å². The van der Waals surface area contributed by atoms with E-state index in [0.29, 0.717) is 6.04 Å². The molecule has 0 radical (unpaired) electrons. The van der Waals surface area contributed by atoms with Gasteiger partial charge in [0.25, 0.3) is 0 Å². The van der Waals surface area contributed by atoms with E-state index in [1.165, 1.54) is 9.75 Å². The first-order chi connectivity index (χ1) is 8.70. The van der Waals surface area contributed by atoms with Gasteiger partial charge < -0.3 is 9.88 Å². The number of anilines is 1. The molecule has 2 aromatic heterocycles. The highest BCUT2D eigenvalue weighted by Gasteiger charge is 2.11. The number of hydrogen-bond acceptors (Lipinski definition) is 3. The van der Waals surface area contributed by atoms with Crippen LogP contribution in [0.15, 0.2) is 24.5 Å². The number of nitrogens with one attached hydrogen (secondary N) is 1. The minimum absolute atomic E-state index is 0.435. The van der Waals surface area contributed by atoms with Gasteiger partial charge in [-0.3, -0.25) is 0 Å². The monoisotopic (exact) mass is 263 g/mol. The van der Waals surface area contributed by atoms with Crippen molar-refractivity contribution in [3.05, 3.63) is 34.3 Å². The molecule has 0 saturated heterocycles. The number of thiophene rings is 1. The molecule has 1 N–H and O–H groups in total. The second kappa shape index (κ2) is 6.05. The largest absolute Gasteiger partial charge is 0.356 e.